The Balaban J connectivity index is 1.79. The molecule has 0 spiro atoms. The van der Waals surface area contributed by atoms with Gasteiger partial charge in [0.1, 0.15) is 5.75 Å². The third-order valence-corrected chi connectivity index (χ3v) is 6.24. The number of halogens is 1. The van der Waals surface area contributed by atoms with E-state index in [4.69, 9.17) is 16.3 Å². The number of nitrogens with zero attached hydrogens (tertiary/aromatic N) is 1. The van der Waals surface area contributed by atoms with Crippen molar-refractivity contribution in [3.63, 3.8) is 0 Å². The normalized spacial score (nSPS) is 11.6. The largest absolute Gasteiger partial charge is 0.495 e. The molecule has 0 atom stereocenters. The number of rotatable bonds is 6. The van der Waals surface area contributed by atoms with Gasteiger partial charge in [-0.2, -0.15) is 4.31 Å². The molecular formula is C19H18ClN3O5S. The number of likely N-dealkylation sites (N-methyl/N-ethyl adjacent to an activating group) is 1. The molecule has 1 aromatic heterocycles. The van der Waals surface area contributed by atoms with Crippen LogP contribution in [0.3, 0.4) is 0 Å². The summed E-state index contributed by atoms with van der Waals surface area (Å²) in [6.07, 6.45) is 0. The second-order valence-corrected chi connectivity index (χ2v) is 8.71. The molecule has 8 nitrogen and oxygen atoms in total. The minimum Gasteiger partial charge on any atom is -0.495 e. The maximum absolute atomic E-state index is 12.8. The first-order chi connectivity index (χ1) is 13.7. The molecule has 3 aromatic rings. The van der Waals surface area contributed by atoms with Gasteiger partial charge in [-0.1, -0.05) is 11.6 Å². The Morgan fingerprint density at radius 2 is 1.93 bits per heavy atom. The highest BCUT2D eigenvalue weighted by atomic mass is 35.5. The van der Waals surface area contributed by atoms with Crippen molar-refractivity contribution in [2.24, 2.45) is 0 Å². The van der Waals surface area contributed by atoms with E-state index < -0.39 is 22.5 Å². The fraction of sp³-hybridized carbons (Fsp3) is 0.158. The van der Waals surface area contributed by atoms with Gasteiger partial charge in [-0.25, -0.2) is 8.42 Å². The number of carbonyl (C=O) groups excluding carboxylic acids is 1. The molecule has 0 unspecified atom stereocenters. The summed E-state index contributed by atoms with van der Waals surface area (Å²) in [6.45, 7) is -0.415. The number of pyridine rings is 1. The first-order valence-electron chi connectivity index (χ1n) is 8.43. The second kappa shape index (κ2) is 8.24. The number of hydrogen-bond acceptors (Lipinski definition) is 5. The number of ether oxygens (including phenoxy) is 1. The van der Waals surface area contributed by atoms with Gasteiger partial charge < -0.3 is 15.0 Å². The summed E-state index contributed by atoms with van der Waals surface area (Å²) >= 11 is 5.94. The van der Waals surface area contributed by atoms with E-state index in [1.165, 1.54) is 50.6 Å². The molecule has 0 bridgehead atoms. The van der Waals surface area contributed by atoms with Crippen molar-refractivity contribution in [1.82, 2.24) is 9.29 Å². The third kappa shape index (κ3) is 4.58. The Labute approximate surface area is 172 Å². The van der Waals surface area contributed by atoms with Crippen LogP contribution in [0.4, 0.5) is 5.69 Å². The minimum absolute atomic E-state index is 0.00712. The number of aromatic amines is 1. The van der Waals surface area contributed by atoms with E-state index in [0.29, 0.717) is 27.4 Å². The molecule has 0 radical (unpaired) electrons. The van der Waals surface area contributed by atoms with Crippen LogP contribution in [0, 0.1) is 0 Å². The Morgan fingerprint density at radius 3 is 2.66 bits per heavy atom. The van der Waals surface area contributed by atoms with Gasteiger partial charge in [-0.15, -0.1) is 0 Å². The number of hydrogen-bond donors (Lipinski definition) is 2. The number of anilines is 1. The first kappa shape index (κ1) is 20.8. The summed E-state index contributed by atoms with van der Waals surface area (Å²) in [7, 11) is -1.18. The number of H-pyrrole nitrogens is 1. The zero-order valence-electron chi connectivity index (χ0n) is 15.6. The zero-order valence-corrected chi connectivity index (χ0v) is 17.2. The molecule has 0 saturated carbocycles. The molecule has 0 aliphatic carbocycles. The number of aromatic nitrogens is 1. The average molecular weight is 436 g/mol. The third-order valence-electron chi connectivity index (χ3n) is 4.21. The maximum atomic E-state index is 12.8. The standard InChI is InChI=1S/C19H18ClN3O5S/c1-23(11-19(25)22-16-10-13(20)4-7-17(16)28-2)29(26,27)14-5-6-15-12(9-14)3-8-18(24)21-15/h3-10H,11H2,1-2H3,(H,21,24)(H,22,25). The van der Waals surface area contributed by atoms with Crippen LogP contribution in [0.25, 0.3) is 10.9 Å². The summed E-state index contributed by atoms with van der Waals surface area (Å²) in [5, 5.41) is 3.56. The van der Waals surface area contributed by atoms with E-state index in [0.717, 1.165) is 4.31 Å². The van der Waals surface area contributed by atoms with Crippen molar-refractivity contribution in [3.05, 3.63) is 63.9 Å². The monoisotopic (exact) mass is 435 g/mol. The van der Waals surface area contributed by atoms with E-state index in [9.17, 15) is 18.0 Å². The molecule has 2 aromatic carbocycles. The van der Waals surface area contributed by atoms with Crippen LogP contribution in [0.15, 0.2) is 58.2 Å². The van der Waals surface area contributed by atoms with Crippen LogP contribution < -0.4 is 15.6 Å². The summed E-state index contributed by atoms with van der Waals surface area (Å²) in [4.78, 5) is 26.4. The van der Waals surface area contributed by atoms with Crippen molar-refractivity contribution in [2.45, 2.75) is 4.90 Å². The van der Waals surface area contributed by atoms with Crippen LogP contribution in [-0.2, 0) is 14.8 Å². The number of amides is 1. The van der Waals surface area contributed by atoms with Gasteiger partial charge >= 0.3 is 0 Å². The Kier molecular flexibility index (Phi) is 5.92. The summed E-state index contributed by atoms with van der Waals surface area (Å²) in [5.41, 5.74) is 0.577. The zero-order chi connectivity index (χ0) is 21.2. The van der Waals surface area contributed by atoms with Crippen molar-refractivity contribution >= 4 is 44.1 Å². The number of nitrogens with one attached hydrogen (secondary N) is 2. The van der Waals surface area contributed by atoms with Crippen molar-refractivity contribution < 1.29 is 17.9 Å². The topological polar surface area (TPSA) is 109 Å². The van der Waals surface area contributed by atoms with Crippen molar-refractivity contribution in [3.8, 4) is 5.75 Å². The van der Waals surface area contributed by atoms with Crippen LogP contribution in [-0.4, -0.2) is 44.3 Å². The Morgan fingerprint density at radius 1 is 1.17 bits per heavy atom. The van der Waals surface area contributed by atoms with Gasteiger partial charge in [0, 0.05) is 23.7 Å². The Bertz CT molecular complexity index is 1240. The molecule has 29 heavy (non-hydrogen) atoms. The average Bonchev–Trinajstić information content (AvgIpc) is 2.67. The molecule has 152 valence electrons. The number of fused-ring (bicyclic) bond motifs is 1. The maximum Gasteiger partial charge on any atom is 0.248 e. The molecular weight excluding hydrogens is 418 g/mol. The SMILES string of the molecule is COc1ccc(Cl)cc1NC(=O)CN(C)S(=O)(=O)c1ccc2[nH]c(=O)ccc2c1. The van der Waals surface area contributed by atoms with Crippen LogP contribution in [0.5, 0.6) is 5.75 Å². The number of carbonyl (C=O) groups is 1. The fourth-order valence-corrected chi connectivity index (χ4v) is 4.06. The molecule has 3 rings (SSSR count). The lowest BCUT2D eigenvalue weighted by molar-refractivity contribution is -0.116. The van der Waals surface area contributed by atoms with Crippen molar-refractivity contribution in [1.29, 1.82) is 0 Å². The van der Waals surface area contributed by atoms with Crippen molar-refractivity contribution in [2.75, 3.05) is 26.0 Å². The fourth-order valence-electron chi connectivity index (χ4n) is 2.73. The van der Waals surface area contributed by atoms with Crippen LogP contribution in [0.2, 0.25) is 5.02 Å². The van der Waals surface area contributed by atoms with E-state index in [2.05, 4.69) is 10.3 Å². The van der Waals surface area contributed by atoms with E-state index in [1.54, 1.807) is 12.1 Å². The van der Waals surface area contributed by atoms with Gasteiger partial charge in [0.2, 0.25) is 21.5 Å². The molecule has 0 aliphatic heterocycles. The van der Waals surface area contributed by atoms with Gasteiger partial charge in [0.15, 0.2) is 0 Å². The quantitative estimate of drug-likeness (QED) is 0.618. The molecule has 1 amide bonds. The van der Waals surface area contributed by atoms with E-state index in [1.807, 2.05) is 0 Å². The molecule has 0 fully saturated rings. The van der Waals surface area contributed by atoms with E-state index in [-0.39, 0.29) is 10.5 Å². The van der Waals surface area contributed by atoms with Gasteiger partial charge in [-0.3, -0.25) is 9.59 Å². The lowest BCUT2D eigenvalue weighted by atomic mass is 10.2. The molecule has 10 heteroatoms. The van der Waals surface area contributed by atoms with Crippen LogP contribution in [0.1, 0.15) is 0 Å². The summed E-state index contributed by atoms with van der Waals surface area (Å²) < 4.78 is 31.8. The lowest BCUT2D eigenvalue weighted by Gasteiger charge is -2.18. The highest BCUT2D eigenvalue weighted by molar-refractivity contribution is 7.89. The highest BCUT2D eigenvalue weighted by Gasteiger charge is 2.23. The molecule has 2 N–H and O–H groups in total. The lowest BCUT2D eigenvalue weighted by Crippen LogP contribution is -2.35. The molecule has 1 heterocycles. The number of sulfonamides is 1. The second-order valence-electron chi connectivity index (χ2n) is 6.23. The first-order valence-corrected chi connectivity index (χ1v) is 10.3. The predicted octanol–water partition coefficient (Wildman–Crippen LogP) is 2.45. The van der Waals surface area contributed by atoms with Gasteiger partial charge in [0.05, 0.1) is 24.2 Å². The smallest absolute Gasteiger partial charge is 0.248 e. The summed E-state index contributed by atoms with van der Waals surface area (Å²) in [6, 6.07) is 11.9. The van der Waals surface area contributed by atoms with Gasteiger partial charge in [-0.05, 0) is 47.9 Å². The van der Waals surface area contributed by atoms with Gasteiger partial charge in [0.25, 0.3) is 0 Å². The molecule has 0 aliphatic rings. The Hall–Kier alpha value is -2.88. The van der Waals surface area contributed by atoms with E-state index >= 15 is 0 Å². The molecule has 0 saturated heterocycles. The number of benzene rings is 2. The highest BCUT2D eigenvalue weighted by Crippen LogP contribution is 2.27. The predicted molar refractivity (Wildman–Crippen MR) is 111 cm³/mol. The minimum atomic E-state index is -3.93. The van der Waals surface area contributed by atoms with Crippen LogP contribution >= 0.6 is 11.6 Å². The summed E-state index contributed by atoms with van der Waals surface area (Å²) in [5.74, 6) is -0.154. The number of methoxy groups -OCH3 is 1.